The molecule has 0 aliphatic carbocycles. The zero-order valence-corrected chi connectivity index (χ0v) is 12.3. The molecule has 9 heteroatoms. The van der Waals surface area contributed by atoms with Crippen LogP contribution in [0.2, 0.25) is 0 Å². The Morgan fingerprint density at radius 1 is 1.00 bits per heavy atom. The first-order chi connectivity index (χ1) is 11.5. The molecule has 3 nitrogen and oxygen atoms in total. The van der Waals surface area contributed by atoms with E-state index in [0.29, 0.717) is 0 Å². The highest BCUT2D eigenvalue weighted by molar-refractivity contribution is 5.78. The molecule has 2 aromatic rings. The Hall–Kier alpha value is -2.71. The summed E-state index contributed by atoms with van der Waals surface area (Å²) in [5.41, 5.74) is -1.85. The van der Waals surface area contributed by atoms with Crippen LogP contribution in [-0.2, 0) is 17.4 Å². The summed E-state index contributed by atoms with van der Waals surface area (Å²) in [6, 6.07) is 7.31. The number of aliphatic carboxylic acids is 1. The third kappa shape index (κ3) is 4.88. The number of ether oxygens (including phenoxy) is 1. The fourth-order valence-electron chi connectivity index (χ4n) is 2.33. The Morgan fingerprint density at radius 2 is 1.64 bits per heavy atom. The number of hydrogen-bond acceptors (Lipinski definition) is 2. The van der Waals surface area contributed by atoms with Gasteiger partial charge in [0.1, 0.15) is 5.75 Å². The summed E-state index contributed by atoms with van der Waals surface area (Å²) in [6.07, 6.45) is -10.7. The van der Waals surface area contributed by atoms with Gasteiger partial charge in [-0.05, 0) is 34.9 Å². The minimum Gasteiger partial charge on any atom is -0.481 e. The standard InChI is InChI=1S/C16H10F6O3/c17-15(18,19)13-6-2-5-11(12(13)8-14(23)24)9-3-1-4-10(7-9)25-16(20,21)22/h1-7H,8H2,(H,23,24). The lowest BCUT2D eigenvalue weighted by Crippen LogP contribution is -2.17. The minimum atomic E-state index is -4.96. The number of rotatable bonds is 4. The minimum absolute atomic E-state index is 0.0240. The van der Waals surface area contributed by atoms with Gasteiger partial charge in [-0.15, -0.1) is 13.2 Å². The van der Waals surface area contributed by atoms with Gasteiger partial charge >= 0.3 is 18.5 Å². The zero-order valence-electron chi connectivity index (χ0n) is 12.3. The molecule has 0 bridgehead atoms. The van der Waals surface area contributed by atoms with Crippen LogP contribution in [0.5, 0.6) is 5.75 Å². The Morgan fingerprint density at radius 3 is 2.20 bits per heavy atom. The largest absolute Gasteiger partial charge is 0.573 e. The van der Waals surface area contributed by atoms with Crippen LogP contribution in [0.25, 0.3) is 11.1 Å². The van der Waals surface area contributed by atoms with Gasteiger partial charge in [-0.2, -0.15) is 13.2 Å². The predicted molar refractivity (Wildman–Crippen MR) is 74.9 cm³/mol. The number of alkyl halides is 6. The maximum Gasteiger partial charge on any atom is 0.573 e. The van der Waals surface area contributed by atoms with Crippen molar-refractivity contribution in [2.24, 2.45) is 0 Å². The fourth-order valence-corrected chi connectivity index (χ4v) is 2.33. The second kappa shape index (κ2) is 6.66. The molecule has 0 saturated heterocycles. The summed E-state index contributed by atoms with van der Waals surface area (Å²) in [6.45, 7) is 0. The van der Waals surface area contributed by atoms with Crippen molar-refractivity contribution < 1.29 is 41.0 Å². The lowest BCUT2D eigenvalue weighted by molar-refractivity contribution is -0.274. The summed E-state index contributed by atoms with van der Waals surface area (Å²) in [5, 5.41) is 8.90. The maximum atomic E-state index is 13.1. The number of carbonyl (C=O) groups is 1. The highest BCUT2D eigenvalue weighted by Crippen LogP contribution is 2.38. The van der Waals surface area contributed by atoms with Gasteiger partial charge in [-0.25, -0.2) is 0 Å². The van der Waals surface area contributed by atoms with Crippen LogP contribution in [0.15, 0.2) is 42.5 Å². The molecule has 0 heterocycles. The number of benzene rings is 2. The summed E-state index contributed by atoms with van der Waals surface area (Å²) >= 11 is 0. The van der Waals surface area contributed by atoms with Gasteiger partial charge in [0.15, 0.2) is 0 Å². The van der Waals surface area contributed by atoms with E-state index in [2.05, 4.69) is 4.74 Å². The molecule has 0 saturated carbocycles. The number of hydrogen-bond donors (Lipinski definition) is 1. The molecule has 2 rings (SSSR count). The monoisotopic (exact) mass is 364 g/mol. The van der Waals surface area contributed by atoms with Gasteiger partial charge in [-0.1, -0.05) is 24.3 Å². The van der Waals surface area contributed by atoms with E-state index in [0.717, 1.165) is 24.3 Å². The van der Waals surface area contributed by atoms with Gasteiger partial charge in [0.2, 0.25) is 0 Å². The quantitative estimate of drug-likeness (QED) is 0.785. The second-order valence-electron chi connectivity index (χ2n) is 4.98. The van der Waals surface area contributed by atoms with Gasteiger partial charge in [-0.3, -0.25) is 4.79 Å². The van der Waals surface area contributed by atoms with Crippen LogP contribution in [0.4, 0.5) is 26.3 Å². The fraction of sp³-hybridized carbons (Fsp3) is 0.188. The molecule has 2 aromatic carbocycles. The molecule has 25 heavy (non-hydrogen) atoms. The molecule has 1 N–H and O–H groups in total. The van der Waals surface area contributed by atoms with Crippen molar-refractivity contribution in [3.63, 3.8) is 0 Å². The summed E-state index contributed by atoms with van der Waals surface area (Å²) in [4.78, 5) is 10.9. The highest BCUT2D eigenvalue weighted by Gasteiger charge is 2.35. The molecule has 0 aliphatic rings. The second-order valence-corrected chi connectivity index (χ2v) is 4.98. The molecule has 0 unspecified atom stereocenters. The average molecular weight is 364 g/mol. The number of carboxylic acids is 1. The van der Waals surface area contributed by atoms with Crippen molar-refractivity contribution >= 4 is 5.97 Å². The van der Waals surface area contributed by atoms with Gasteiger partial charge in [0.05, 0.1) is 12.0 Å². The average Bonchev–Trinajstić information content (AvgIpc) is 2.44. The molecule has 0 atom stereocenters. The van der Waals surface area contributed by atoms with Crippen LogP contribution in [-0.4, -0.2) is 17.4 Å². The molecule has 0 aliphatic heterocycles. The lowest BCUT2D eigenvalue weighted by atomic mass is 9.93. The number of carboxylic acid groups (broad SMARTS) is 1. The molecule has 0 aromatic heterocycles. The van der Waals surface area contributed by atoms with Crippen molar-refractivity contribution in [3.05, 3.63) is 53.6 Å². The first kappa shape index (κ1) is 18.6. The van der Waals surface area contributed by atoms with Crippen molar-refractivity contribution in [1.82, 2.24) is 0 Å². The third-order valence-corrected chi connectivity index (χ3v) is 3.19. The van der Waals surface area contributed by atoms with Crippen molar-refractivity contribution in [2.45, 2.75) is 19.0 Å². The van der Waals surface area contributed by atoms with E-state index in [9.17, 15) is 31.1 Å². The van der Waals surface area contributed by atoms with E-state index in [1.165, 1.54) is 18.2 Å². The Kier molecular flexibility index (Phi) is 4.96. The van der Waals surface area contributed by atoms with E-state index in [1.807, 2.05) is 0 Å². The van der Waals surface area contributed by atoms with E-state index < -0.39 is 41.8 Å². The Bertz CT molecular complexity index is 780. The Labute approximate surface area is 137 Å². The smallest absolute Gasteiger partial charge is 0.481 e. The van der Waals surface area contributed by atoms with Crippen LogP contribution >= 0.6 is 0 Å². The third-order valence-electron chi connectivity index (χ3n) is 3.19. The molecular weight excluding hydrogens is 354 g/mol. The molecule has 134 valence electrons. The van der Waals surface area contributed by atoms with Gasteiger partial charge in [0.25, 0.3) is 0 Å². The van der Waals surface area contributed by atoms with E-state index in [-0.39, 0.29) is 11.1 Å². The van der Waals surface area contributed by atoms with E-state index in [1.54, 1.807) is 0 Å². The Balaban J connectivity index is 2.59. The van der Waals surface area contributed by atoms with Crippen LogP contribution in [0.3, 0.4) is 0 Å². The van der Waals surface area contributed by atoms with Crippen molar-refractivity contribution in [2.75, 3.05) is 0 Å². The maximum absolute atomic E-state index is 13.1. The molecule has 0 spiro atoms. The number of halogens is 6. The van der Waals surface area contributed by atoms with E-state index in [4.69, 9.17) is 5.11 Å². The van der Waals surface area contributed by atoms with Crippen molar-refractivity contribution in [3.8, 4) is 16.9 Å². The first-order valence-electron chi connectivity index (χ1n) is 6.74. The summed E-state index contributed by atoms with van der Waals surface area (Å²) in [5.74, 6) is -2.12. The van der Waals surface area contributed by atoms with E-state index >= 15 is 0 Å². The predicted octanol–water partition coefficient (Wildman–Crippen LogP) is 4.90. The summed E-state index contributed by atoms with van der Waals surface area (Å²) in [7, 11) is 0. The van der Waals surface area contributed by atoms with Crippen LogP contribution in [0, 0.1) is 0 Å². The molecule has 0 fully saturated rings. The van der Waals surface area contributed by atoms with Gasteiger partial charge < -0.3 is 9.84 Å². The first-order valence-corrected chi connectivity index (χ1v) is 6.74. The van der Waals surface area contributed by atoms with Crippen molar-refractivity contribution in [1.29, 1.82) is 0 Å². The topological polar surface area (TPSA) is 46.5 Å². The van der Waals surface area contributed by atoms with Gasteiger partial charge in [0, 0.05) is 0 Å². The molecule has 0 radical (unpaired) electrons. The van der Waals surface area contributed by atoms with Crippen LogP contribution < -0.4 is 4.74 Å². The highest BCUT2D eigenvalue weighted by atomic mass is 19.4. The molecular formula is C16H10F6O3. The SMILES string of the molecule is O=C(O)Cc1c(-c2cccc(OC(F)(F)F)c2)cccc1C(F)(F)F. The molecule has 0 amide bonds. The lowest BCUT2D eigenvalue weighted by Gasteiger charge is -2.17. The van der Waals surface area contributed by atoms with Crippen LogP contribution in [0.1, 0.15) is 11.1 Å². The normalized spacial score (nSPS) is 12.1. The zero-order chi connectivity index (χ0) is 18.8. The summed E-state index contributed by atoms with van der Waals surface area (Å²) < 4.78 is 80.0.